The first-order chi connectivity index (χ1) is 9.20. The van der Waals surface area contributed by atoms with Crippen LogP contribution < -0.4 is 5.43 Å². The van der Waals surface area contributed by atoms with Gasteiger partial charge in [0.2, 0.25) is 0 Å². The number of hydrogen-bond acceptors (Lipinski definition) is 2. The Balaban J connectivity index is 2.82. The van der Waals surface area contributed by atoms with Crippen molar-refractivity contribution in [1.29, 1.82) is 0 Å². The third-order valence-electron chi connectivity index (χ3n) is 2.76. The van der Waals surface area contributed by atoms with Crippen molar-refractivity contribution >= 4 is 28.3 Å². The number of hydrogen-bond donors (Lipinski definition) is 0. The fraction of sp³-hybridized carbons (Fsp3) is 0.231. The molecule has 0 N–H and O–H groups in total. The predicted molar refractivity (Wildman–Crippen MR) is 68.9 cm³/mol. The van der Waals surface area contributed by atoms with Crippen LogP contribution in [0.15, 0.2) is 29.2 Å². The molecule has 2 rings (SSSR count). The van der Waals surface area contributed by atoms with Crippen molar-refractivity contribution in [2.75, 3.05) is 0 Å². The van der Waals surface area contributed by atoms with Crippen LogP contribution in [0.3, 0.4) is 0 Å². The van der Waals surface area contributed by atoms with E-state index in [2.05, 4.69) is 0 Å². The van der Waals surface area contributed by atoms with Crippen LogP contribution in [0.2, 0.25) is 5.02 Å². The minimum absolute atomic E-state index is 0.0319. The number of fused-ring (bicyclic) bond motifs is 1. The van der Waals surface area contributed by atoms with Crippen molar-refractivity contribution < 1.29 is 18.0 Å². The predicted octanol–water partition coefficient (Wildman–Crippen LogP) is 3.26. The Morgan fingerprint density at radius 1 is 1.35 bits per heavy atom. The van der Waals surface area contributed by atoms with E-state index in [1.165, 1.54) is 23.8 Å². The fourth-order valence-electron chi connectivity index (χ4n) is 1.92. The number of halogens is 4. The molecule has 0 fully saturated rings. The molecule has 0 aliphatic carbocycles. The highest BCUT2D eigenvalue weighted by Crippen LogP contribution is 2.36. The van der Waals surface area contributed by atoms with Gasteiger partial charge in [-0.3, -0.25) is 9.59 Å². The lowest BCUT2D eigenvalue weighted by Gasteiger charge is -2.13. The number of rotatable bonds is 2. The van der Waals surface area contributed by atoms with E-state index < -0.39 is 22.2 Å². The molecule has 0 unspecified atom stereocenters. The van der Waals surface area contributed by atoms with Gasteiger partial charge in [0.05, 0.1) is 22.6 Å². The second kappa shape index (κ2) is 4.94. The first-order valence-electron chi connectivity index (χ1n) is 5.59. The zero-order valence-electron chi connectivity index (χ0n) is 10.3. The minimum atomic E-state index is -4.63. The molecule has 2 aromatic rings. The molecule has 1 heterocycles. The summed E-state index contributed by atoms with van der Waals surface area (Å²) in [4.78, 5) is 22.8. The van der Waals surface area contributed by atoms with Crippen molar-refractivity contribution in [2.24, 2.45) is 0 Å². The molecular weight excluding hydrogens is 295 g/mol. The number of ketones is 1. The summed E-state index contributed by atoms with van der Waals surface area (Å²) in [6.07, 6.45) is -3.33. The number of benzene rings is 1. The van der Waals surface area contributed by atoms with Crippen LogP contribution in [0, 0.1) is 0 Å². The SMILES string of the molecule is CC(=O)Cn1ccc(=O)c2cc(Cl)c(C(F)(F)F)cc21. The Morgan fingerprint density at radius 2 is 2.00 bits per heavy atom. The van der Waals surface area contributed by atoms with E-state index in [0.29, 0.717) is 0 Å². The maximum Gasteiger partial charge on any atom is 0.417 e. The normalized spacial score (nSPS) is 11.8. The van der Waals surface area contributed by atoms with Crippen LogP contribution in [-0.2, 0) is 17.5 Å². The number of carbonyl (C=O) groups is 1. The van der Waals surface area contributed by atoms with Gasteiger partial charge in [-0.2, -0.15) is 13.2 Å². The van der Waals surface area contributed by atoms with Crippen LogP contribution in [0.1, 0.15) is 12.5 Å². The Bertz CT molecular complexity index is 750. The molecule has 0 amide bonds. The molecule has 106 valence electrons. The average Bonchev–Trinajstić information content (AvgIpc) is 2.30. The zero-order chi connectivity index (χ0) is 15.1. The Morgan fingerprint density at radius 3 is 2.55 bits per heavy atom. The van der Waals surface area contributed by atoms with Crippen LogP contribution in [0.5, 0.6) is 0 Å². The first-order valence-corrected chi connectivity index (χ1v) is 5.97. The second-order valence-corrected chi connectivity index (χ2v) is 4.76. The number of alkyl halides is 3. The molecule has 3 nitrogen and oxygen atoms in total. The lowest BCUT2D eigenvalue weighted by molar-refractivity contribution is -0.137. The van der Waals surface area contributed by atoms with E-state index in [-0.39, 0.29) is 23.2 Å². The summed E-state index contributed by atoms with van der Waals surface area (Å²) in [6, 6.07) is 2.97. The van der Waals surface area contributed by atoms with Crippen LogP contribution >= 0.6 is 11.6 Å². The fourth-order valence-corrected chi connectivity index (χ4v) is 2.19. The highest BCUT2D eigenvalue weighted by Gasteiger charge is 2.33. The second-order valence-electron chi connectivity index (χ2n) is 4.36. The van der Waals surface area contributed by atoms with Crippen molar-refractivity contribution in [1.82, 2.24) is 4.57 Å². The van der Waals surface area contributed by atoms with Gasteiger partial charge in [-0.15, -0.1) is 0 Å². The average molecular weight is 304 g/mol. The largest absolute Gasteiger partial charge is 0.417 e. The van der Waals surface area contributed by atoms with Gasteiger partial charge in [-0.1, -0.05) is 11.6 Å². The quantitative estimate of drug-likeness (QED) is 0.854. The molecule has 0 aliphatic heterocycles. The maximum absolute atomic E-state index is 12.8. The van der Waals surface area contributed by atoms with E-state index >= 15 is 0 Å². The molecular formula is C13H9ClF3NO2. The maximum atomic E-state index is 12.8. The summed E-state index contributed by atoms with van der Waals surface area (Å²) in [7, 11) is 0. The summed E-state index contributed by atoms with van der Waals surface area (Å²) >= 11 is 5.58. The molecule has 0 saturated carbocycles. The van der Waals surface area contributed by atoms with Gasteiger partial charge in [0.15, 0.2) is 5.43 Å². The summed E-state index contributed by atoms with van der Waals surface area (Å²) in [5.74, 6) is -0.238. The summed E-state index contributed by atoms with van der Waals surface area (Å²) in [5, 5.41) is -0.491. The number of carbonyl (C=O) groups excluding carboxylic acids is 1. The number of nitrogens with zero attached hydrogens (tertiary/aromatic N) is 1. The lowest BCUT2D eigenvalue weighted by Crippen LogP contribution is -2.14. The van der Waals surface area contributed by atoms with Crippen LogP contribution in [0.25, 0.3) is 10.9 Å². The molecule has 0 spiro atoms. The van der Waals surface area contributed by atoms with Gasteiger partial charge < -0.3 is 4.57 Å². The molecule has 0 saturated heterocycles. The van der Waals surface area contributed by atoms with Crippen molar-refractivity contribution in [3.63, 3.8) is 0 Å². The molecule has 1 aromatic carbocycles. The molecule has 7 heteroatoms. The van der Waals surface area contributed by atoms with E-state index in [0.717, 1.165) is 12.1 Å². The molecule has 0 atom stereocenters. The monoisotopic (exact) mass is 303 g/mol. The highest BCUT2D eigenvalue weighted by atomic mass is 35.5. The van der Waals surface area contributed by atoms with Gasteiger partial charge in [-0.05, 0) is 19.1 Å². The third-order valence-corrected chi connectivity index (χ3v) is 3.08. The Labute approximate surface area is 116 Å². The van der Waals surface area contributed by atoms with Gasteiger partial charge in [-0.25, -0.2) is 0 Å². The smallest absolute Gasteiger partial charge is 0.340 e. The molecule has 0 bridgehead atoms. The van der Waals surface area contributed by atoms with Crippen molar-refractivity contribution in [3.05, 3.63) is 45.2 Å². The minimum Gasteiger partial charge on any atom is -0.340 e. The molecule has 20 heavy (non-hydrogen) atoms. The first kappa shape index (κ1) is 14.6. The van der Waals surface area contributed by atoms with E-state index in [4.69, 9.17) is 11.6 Å². The number of pyridine rings is 1. The number of aromatic nitrogens is 1. The van der Waals surface area contributed by atoms with Gasteiger partial charge in [0.1, 0.15) is 5.78 Å². The van der Waals surface area contributed by atoms with Crippen molar-refractivity contribution in [3.8, 4) is 0 Å². The lowest BCUT2D eigenvalue weighted by atomic mass is 10.1. The van der Waals surface area contributed by atoms with Gasteiger partial charge in [0, 0.05) is 17.6 Å². The van der Waals surface area contributed by atoms with Crippen molar-refractivity contribution in [2.45, 2.75) is 19.6 Å². The Kier molecular flexibility index (Phi) is 3.60. The van der Waals surface area contributed by atoms with E-state index in [1.54, 1.807) is 0 Å². The van der Waals surface area contributed by atoms with Crippen LogP contribution in [0.4, 0.5) is 13.2 Å². The van der Waals surface area contributed by atoms with Crippen LogP contribution in [-0.4, -0.2) is 10.4 Å². The zero-order valence-corrected chi connectivity index (χ0v) is 11.0. The van der Waals surface area contributed by atoms with E-state index in [1.807, 2.05) is 0 Å². The van der Waals surface area contributed by atoms with Gasteiger partial charge >= 0.3 is 6.18 Å². The highest BCUT2D eigenvalue weighted by molar-refractivity contribution is 6.32. The Hall–Kier alpha value is -1.82. The molecule has 0 aliphatic rings. The molecule has 0 radical (unpaired) electrons. The number of Topliss-reactive ketones (excluding diaryl/α,β-unsaturated/α-hetero) is 1. The molecule has 1 aromatic heterocycles. The topological polar surface area (TPSA) is 39.1 Å². The third kappa shape index (κ3) is 2.70. The van der Waals surface area contributed by atoms with E-state index in [9.17, 15) is 22.8 Å². The summed E-state index contributed by atoms with van der Waals surface area (Å²) < 4.78 is 39.8. The summed E-state index contributed by atoms with van der Waals surface area (Å²) in [5.41, 5.74) is -1.45. The standard InChI is InChI=1S/C13H9ClF3NO2/c1-7(19)6-18-3-2-12(20)8-4-10(14)9(5-11(8)18)13(15,16)17/h2-5H,6H2,1H3. The summed E-state index contributed by atoms with van der Waals surface area (Å²) in [6.45, 7) is 1.19. The van der Waals surface area contributed by atoms with Gasteiger partial charge in [0.25, 0.3) is 0 Å².